The lowest BCUT2D eigenvalue weighted by molar-refractivity contribution is -0.539. The molecule has 0 aliphatic rings. The smallest absolute Gasteiger partial charge is 0.337 e. The molecule has 0 saturated carbocycles. The summed E-state index contributed by atoms with van der Waals surface area (Å²) in [5.41, 5.74) is 4.51. The topological polar surface area (TPSA) is 120 Å². The van der Waals surface area contributed by atoms with Gasteiger partial charge in [-0.05, 0) is 62.7 Å². The Balaban J connectivity index is 1.90. The summed E-state index contributed by atoms with van der Waals surface area (Å²) in [6, 6.07) is 12.3. The van der Waals surface area contributed by atoms with E-state index in [9.17, 15) is 19.1 Å². The van der Waals surface area contributed by atoms with Gasteiger partial charge in [0.15, 0.2) is 5.43 Å². The lowest BCUT2D eigenvalue weighted by atomic mass is 9.98. The van der Waals surface area contributed by atoms with E-state index in [0.29, 0.717) is 39.0 Å². The van der Waals surface area contributed by atoms with Crippen LogP contribution in [0.4, 0.5) is 15.8 Å². The van der Waals surface area contributed by atoms with Crippen molar-refractivity contribution in [2.45, 2.75) is 26.8 Å². The fourth-order valence-electron chi connectivity index (χ4n) is 4.40. The minimum atomic E-state index is -1.25. The summed E-state index contributed by atoms with van der Waals surface area (Å²) >= 11 is 0. The van der Waals surface area contributed by atoms with Crippen LogP contribution in [-0.2, 0) is 0 Å². The van der Waals surface area contributed by atoms with Crippen LogP contribution in [0, 0.1) is 25.1 Å². The zero-order chi connectivity index (χ0) is 26.1. The molecule has 0 saturated heterocycles. The van der Waals surface area contributed by atoms with Crippen LogP contribution in [0.2, 0.25) is 0 Å². The Hall–Kier alpha value is -4.30. The molecule has 0 radical (unpaired) electrons. The predicted molar refractivity (Wildman–Crippen MR) is 138 cm³/mol. The van der Waals surface area contributed by atoms with Gasteiger partial charge in [-0.1, -0.05) is 6.07 Å². The number of carboxylic acid groups (broad SMARTS) is 1. The van der Waals surface area contributed by atoms with E-state index in [-0.39, 0.29) is 16.7 Å². The minimum Gasteiger partial charge on any atom is -0.478 e. The molecule has 0 bridgehead atoms. The Morgan fingerprint density at radius 3 is 2.58 bits per heavy atom. The van der Waals surface area contributed by atoms with Gasteiger partial charge in [0.05, 0.1) is 29.6 Å². The SMILES string of the molecule is C[NH2+]c1ccc(-c2oc3c([C@@H](C)Nc4ccc(F)cc4C(=O)O)cc(C)cc3c(=O)c2C)cc1C=N. The number of quaternary nitrogens is 1. The van der Waals surface area contributed by atoms with E-state index in [1.54, 1.807) is 13.0 Å². The summed E-state index contributed by atoms with van der Waals surface area (Å²) in [5.74, 6) is -1.49. The summed E-state index contributed by atoms with van der Waals surface area (Å²) in [7, 11) is 1.89. The van der Waals surface area contributed by atoms with Crippen molar-refractivity contribution in [3.8, 4) is 11.3 Å². The summed E-state index contributed by atoms with van der Waals surface area (Å²) in [5, 5.41) is 22.7. The van der Waals surface area contributed by atoms with Crippen LogP contribution in [-0.4, -0.2) is 24.3 Å². The number of hydrogen-bond acceptors (Lipinski definition) is 5. The van der Waals surface area contributed by atoms with E-state index < -0.39 is 17.8 Å². The fourth-order valence-corrected chi connectivity index (χ4v) is 4.40. The van der Waals surface area contributed by atoms with E-state index in [2.05, 4.69) is 5.32 Å². The number of rotatable bonds is 7. The molecule has 1 aromatic heterocycles. The van der Waals surface area contributed by atoms with Crippen molar-refractivity contribution < 1.29 is 24.0 Å². The highest BCUT2D eigenvalue weighted by atomic mass is 19.1. The van der Waals surface area contributed by atoms with E-state index in [4.69, 9.17) is 9.83 Å². The molecular weight excluding hydrogens is 461 g/mol. The number of nitrogens with two attached hydrogens (primary N) is 1. The second-order valence-electron chi connectivity index (χ2n) is 8.75. The lowest BCUT2D eigenvalue weighted by Gasteiger charge is -2.20. The van der Waals surface area contributed by atoms with E-state index >= 15 is 0 Å². The van der Waals surface area contributed by atoms with Crippen molar-refractivity contribution in [1.82, 2.24) is 0 Å². The molecule has 0 unspecified atom stereocenters. The van der Waals surface area contributed by atoms with Crippen molar-refractivity contribution in [1.29, 1.82) is 5.41 Å². The molecular formula is C28H27FN3O4+. The first kappa shape index (κ1) is 24.8. The van der Waals surface area contributed by atoms with Gasteiger partial charge in [-0.3, -0.25) is 4.79 Å². The second-order valence-corrected chi connectivity index (χ2v) is 8.75. The van der Waals surface area contributed by atoms with Crippen molar-refractivity contribution in [3.63, 3.8) is 0 Å². The van der Waals surface area contributed by atoms with Crippen LogP contribution in [0.15, 0.2) is 57.7 Å². The number of fused-ring (bicyclic) bond motifs is 1. The van der Waals surface area contributed by atoms with Crippen LogP contribution in [0.3, 0.4) is 0 Å². The van der Waals surface area contributed by atoms with E-state index in [0.717, 1.165) is 17.3 Å². The van der Waals surface area contributed by atoms with Crippen molar-refractivity contribution in [2.24, 2.45) is 0 Å². The zero-order valence-corrected chi connectivity index (χ0v) is 20.4. The number of aromatic carboxylic acids is 1. The van der Waals surface area contributed by atoms with Crippen LogP contribution >= 0.6 is 0 Å². The first-order valence-electron chi connectivity index (χ1n) is 11.5. The van der Waals surface area contributed by atoms with Gasteiger partial charge < -0.3 is 25.6 Å². The number of hydrogen-bond donors (Lipinski definition) is 4. The number of carboxylic acids is 1. The van der Waals surface area contributed by atoms with Gasteiger partial charge >= 0.3 is 5.97 Å². The molecule has 7 nitrogen and oxygen atoms in total. The van der Waals surface area contributed by atoms with Crippen molar-refractivity contribution >= 4 is 34.5 Å². The molecule has 36 heavy (non-hydrogen) atoms. The molecule has 0 amide bonds. The molecule has 0 aliphatic heterocycles. The minimum absolute atomic E-state index is 0.168. The summed E-state index contributed by atoms with van der Waals surface area (Å²) in [4.78, 5) is 25.1. The molecule has 1 atom stereocenters. The molecule has 184 valence electrons. The molecule has 4 rings (SSSR count). The summed E-state index contributed by atoms with van der Waals surface area (Å²) in [6.45, 7) is 5.41. The van der Waals surface area contributed by atoms with Crippen LogP contribution in [0.1, 0.15) is 45.6 Å². The first-order chi connectivity index (χ1) is 17.1. The second kappa shape index (κ2) is 9.75. The van der Waals surface area contributed by atoms with Crippen molar-refractivity contribution in [2.75, 3.05) is 12.4 Å². The number of aryl methyl sites for hydroxylation is 1. The van der Waals surface area contributed by atoms with Crippen LogP contribution < -0.4 is 16.1 Å². The highest BCUT2D eigenvalue weighted by Crippen LogP contribution is 2.33. The molecule has 0 spiro atoms. The van der Waals surface area contributed by atoms with Gasteiger partial charge in [0.25, 0.3) is 0 Å². The molecule has 1 heterocycles. The fraction of sp³-hybridized carbons (Fsp3) is 0.179. The van der Waals surface area contributed by atoms with Gasteiger partial charge in [0.2, 0.25) is 0 Å². The van der Waals surface area contributed by atoms with Crippen molar-refractivity contribution in [3.05, 3.63) is 92.4 Å². The average molecular weight is 489 g/mol. The summed E-state index contributed by atoms with van der Waals surface area (Å²) in [6.07, 6.45) is 1.26. The zero-order valence-electron chi connectivity index (χ0n) is 20.4. The lowest BCUT2D eigenvalue weighted by Crippen LogP contribution is -2.73. The van der Waals surface area contributed by atoms with Gasteiger partial charge in [-0.2, -0.15) is 0 Å². The highest BCUT2D eigenvalue weighted by Gasteiger charge is 2.21. The largest absolute Gasteiger partial charge is 0.478 e. The van der Waals surface area contributed by atoms with Gasteiger partial charge in [0, 0.05) is 34.7 Å². The third-order valence-corrected chi connectivity index (χ3v) is 6.26. The molecule has 4 aromatic rings. The van der Waals surface area contributed by atoms with Gasteiger partial charge in [-0.25, -0.2) is 9.18 Å². The van der Waals surface area contributed by atoms with Gasteiger partial charge in [0.1, 0.15) is 22.8 Å². The number of nitrogens with one attached hydrogen (secondary N) is 2. The molecule has 0 fully saturated rings. The molecule has 5 N–H and O–H groups in total. The Morgan fingerprint density at radius 2 is 1.92 bits per heavy atom. The standard InChI is InChI=1S/C28H26FN3O4/c1-14-9-20(16(3)32-24-8-6-19(29)12-21(24)28(34)35)27-22(10-14)25(33)15(2)26(36-27)17-5-7-23(31-4)18(11-17)13-30/h5-13,16,30-32H,1-4H3,(H,34,35)/p+1/t16-/m1/s1. The Labute approximate surface area is 207 Å². The maximum Gasteiger partial charge on any atom is 0.337 e. The van der Waals surface area contributed by atoms with Crippen LogP contribution in [0.5, 0.6) is 0 Å². The maximum atomic E-state index is 13.7. The third-order valence-electron chi connectivity index (χ3n) is 6.26. The highest BCUT2D eigenvalue weighted by molar-refractivity contribution is 5.94. The third kappa shape index (κ3) is 4.50. The maximum absolute atomic E-state index is 13.7. The quantitative estimate of drug-likeness (QED) is 0.218. The summed E-state index contributed by atoms with van der Waals surface area (Å²) < 4.78 is 20.0. The Bertz CT molecular complexity index is 1580. The normalized spacial score (nSPS) is 11.9. The Kier molecular flexibility index (Phi) is 6.72. The predicted octanol–water partition coefficient (Wildman–Crippen LogP) is 4.91. The van der Waals surface area contributed by atoms with E-state index in [1.807, 2.05) is 50.5 Å². The molecule has 0 aliphatic carbocycles. The van der Waals surface area contributed by atoms with Gasteiger partial charge in [-0.15, -0.1) is 0 Å². The van der Waals surface area contributed by atoms with E-state index in [1.165, 1.54) is 18.3 Å². The first-order valence-corrected chi connectivity index (χ1v) is 11.5. The monoisotopic (exact) mass is 488 g/mol. The average Bonchev–Trinajstić information content (AvgIpc) is 2.86. The number of halogens is 1. The number of anilines is 1. The molecule has 3 aromatic carbocycles. The molecule has 8 heteroatoms. The Morgan fingerprint density at radius 1 is 1.17 bits per heavy atom. The number of benzene rings is 3. The number of carbonyl (C=O) groups is 1. The van der Waals surface area contributed by atoms with Crippen LogP contribution in [0.25, 0.3) is 22.3 Å².